The summed E-state index contributed by atoms with van der Waals surface area (Å²) in [4.78, 5) is 2.61. The summed E-state index contributed by atoms with van der Waals surface area (Å²) in [5.41, 5.74) is 0.349. The maximum absolute atomic E-state index is 5.18. The van der Waals surface area contributed by atoms with Crippen molar-refractivity contribution in [3.05, 3.63) is 0 Å². The van der Waals surface area contributed by atoms with Crippen LogP contribution in [-0.2, 0) is 4.74 Å². The van der Waals surface area contributed by atoms with Gasteiger partial charge in [0.1, 0.15) is 0 Å². The fourth-order valence-electron chi connectivity index (χ4n) is 2.32. The Morgan fingerprint density at radius 2 is 2.06 bits per heavy atom. The molecule has 0 spiro atoms. The average molecular weight is 228 g/mol. The van der Waals surface area contributed by atoms with Crippen LogP contribution in [0, 0.1) is 5.41 Å². The van der Waals surface area contributed by atoms with Gasteiger partial charge in [-0.2, -0.15) is 0 Å². The molecule has 1 rings (SSSR count). The van der Waals surface area contributed by atoms with E-state index in [-0.39, 0.29) is 0 Å². The van der Waals surface area contributed by atoms with Crippen LogP contribution >= 0.6 is 0 Å². The van der Waals surface area contributed by atoms with Gasteiger partial charge in [-0.1, -0.05) is 13.8 Å². The van der Waals surface area contributed by atoms with E-state index < -0.39 is 0 Å². The van der Waals surface area contributed by atoms with Crippen molar-refractivity contribution in [1.29, 1.82) is 0 Å². The highest BCUT2D eigenvalue weighted by atomic mass is 16.5. The highest BCUT2D eigenvalue weighted by molar-refractivity contribution is 4.85. The summed E-state index contributed by atoms with van der Waals surface area (Å²) in [5.74, 6) is 0. The average Bonchev–Trinajstić information content (AvgIpc) is 2.20. The molecule has 2 unspecified atom stereocenters. The molecule has 0 aromatic heterocycles. The Hall–Kier alpha value is -0.120. The Morgan fingerprint density at radius 1 is 1.38 bits per heavy atom. The number of hydrogen-bond acceptors (Lipinski definition) is 3. The molecule has 0 aliphatic carbocycles. The second-order valence-electron chi connectivity index (χ2n) is 5.99. The summed E-state index contributed by atoms with van der Waals surface area (Å²) in [7, 11) is 1.78. The molecule has 3 heteroatoms. The molecule has 0 saturated carbocycles. The molecule has 1 N–H and O–H groups in total. The van der Waals surface area contributed by atoms with Gasteiger partial charge in [-0.05, 0) is 25.7 Å². The van der Waals surface area contributed by atoms with Crippen LogP contribution in [0.1, 0.15) is 34.1 Å². The van der Waals surface area contributed by atoms with Gasteiger partial charge in [0, 0.05) is 45.4 Å². The van der Waals surface area contributed by atoms with Crippen LogP contribution in [0.25, 0.3) is 0 Å². The van der Waals surface area contributed by atoms with Gasteiger partial charge in [-0.15, -0.1) is 0 Å². The summed E-state index contributed by atoms with van der Waals surface area (Å²) in [6, 6.07) is 1.27. The van der Waals surface area contributed by atoms with Crippen molar-refractivity contribution in [2.45, 2.75) is 46.2 Å². The monoisotopic (exact) mass is 228 g/mol. The van der Waals surface area contributed by atoms with Crippen molar-refractivity contribution >= 4 is 0 Å². The zero-order valence-corrected chi connectivity index (χ0v) is 11.5. The van der Waals surface area contributed by atoms with E-state index in [1.807, 2.05) is 0 Å². The van der Waals surface area contributed by atoms with E-state index in [0.717, 1.165) is 26.1 Å². The molecule has 0 radical (unpaired) electrons. The minimum atomic E-state index is 0.349. The Labute approximate surface area is 101 Å². The Bertz CT molecular complexity index is 206. The van der Waals surface area contributed by atoms with Gasteiger partial charge in [0.15, 0.2) is 0 Å². The molecule has 0 amide bonds. The molecule has 96 valence electrons. The third kappa shape index (κ3) is 4.40. The van der Waals surface area contributed by atoms with Crippen molar-refractivity contribution in [2.24, 2.45) is 5.41 Å². The van der Waals surface area contributed by atoms with Crippen LogP contribution in [0.3, 0.4) is 0 Å². The molecule has 1 aliphatic heterocycles. The third-order valence-corrected chi connectivity index (χ3v) is 3.51. The largest absolute Gasteiger partial charge is 0.385 e. The molecule has 0 aromatic carbocycles. The molecule has 3 nitrogen and oxygen atoms in total. The van der Waals surface area contributed by atoms with E-state index in [1.54, 1.807) is 7.11 Å². The van der Waals surface area contributed by atoms with Crippen LogP contribution in [0.4, 0.5) is 0 Å². The van der Waals surface area contributed by atoms with Crippen molar-refractivity contribution in [3.63, 3.8) is 0 Å². The van der Waals surface area contributed by atoms with Gasteiger partial charge in [0.2, 0.25) is 0 Å². The van der Waals surface area contributed by atoms with E-state index in [9.17, 15) is 0 Å². The van der Waals surface area contributed by atoms with Gasteiger partial charge in [0.25, 0.3) is 0 Å². The molecule has 1 fully saturated rings. The number of rotatable bonds is 5. The van der Waals surface area contributed by atoms with E-state index in [4.69, 9.17) is 4.74 Å². The van der Waals surface area contributed by atoms with E-state index in [2.05, 4.69) is 37.9 Å². The van der Waals surface area contributed by atoms with Crippen molar-refractivity contribution in [3.8, 4) is 0 Å². The Kier molecular flexibility index (Phi) is 5.22. The minimum Gasteiger partial charge on any atom is -0.385 e. The number of piperazine rings is 1. The van der Waals surface area contributed by atoms with Gasteiger partial charge >= 0.3 is 0 Å². The second kappa shape index (κ2) is 5.99. The quantitative estimate of drug-likeness (QED) is 0.775. The topological polar surface area (TPSA) is 24.5 Å². The maximum atomic E-state index is 5.18. The predicted molar refractivity (Wildman–Crippen MR) is 68.8 cm³/mol. The molecule has 1 saturated heterocycles. The van der Waals surface area contributed by atoms with Gasteiger partial charge < -0.3 is 10.1 Å². The second-order valence-corrected chi connectivity index (χ2v) is 5.99. The molecule has 1 aliphatic rings. The number of hydrogen-bond donors (Lipinski definition) is 1. The molecule has 0 aromatic rings. The van der Waals surface area contributed by atoms with Crippen LogP contribution < -0.4 is 5.32 Å². The summed E-state index contributed by atoms with van der Waals surface area (Å²) in [5, 5.41) is 3.52. The summed E-state index contributed by atoms with van der Waals surface area (Å²) >= 11 is 0. The lowest BCUT2D eigenvalue weighted by molar-refractivity contribution is 0.0737. The van der Waals surface area contributed by atoms with Crippen LogP contribution in [0.2, 0.25) is 0 Å². The number of methoxy groups -OCH3 is 1. The first kappa shape index (κ1) is 13.9. The third-order valence-electron chi connectivity index (χ3n) is 3.51. The van der Waals surface area contributed by atoms with Crippen LogP contribution in [-0.4, -0.2) is 50.3 Å². The van der Waals surface area contributed by atoms with E-state index in [0.29, 0.717) is 17.5 Å². The molecule has 2 atom stereocenters. The normalized spacial score (nSPS) is 28.3. The minimum absolute atomic E-state index is 0.349. The smallest absolute Gasteiger partial charge is 0.0467 e. The first-order chi connectivity index (χ1) is 7.44. The predicted octanol–water partition coefficient (Wildman–Crippen LogP) is 1.73. The summed E-state index contributed by atoms with van der Waals surface area (Å²) in [6.45, 7) is 13.6. The lowest BCUT2D eigenvalue weighted by atomic mass is 9.88. The SMILES string of the molecule is COCCC(C)(C)CN1CC(C)NCC1C. The lowest BCUT2D eigenvalue weighted by Gasteiger charge is -2.41. The zero-order valence-electron chi connectivity index (χ0n) is 11.5. The van der Waals surface area contributed by atoms with E-state index in [1.165, 1.54) is 6.54 Å². The van der Waals surface area contributed by atoms with Crippen LogP contribution in [0.15, 0.2) is 0 Å². The summed E-state index contributed by atoms with van der Waals surface area (Å²) < 4.78 is 5.18. The Balaban J connectivity index is 2.44. The van der Waals surface area contributed by atoms with E-state index >= 15 is 0 Å². The Morgan fingerprint density at radius 3 is 2.69 bits per heavy atom. The van der Waals surface area contributed by atoms with Gasteiger partial charge in [-0.3, -0.25) is 4.90 Å². The fourth-order valence-corrected chi connectivity index (χ4v) is 2.32. The first-order valence-electron chi connectivity index (χ1n) is 6.41. The maximum Gasteiger partial charge on any atom is 0.0467 e. The first-order valence-corrected chi connectivity index (χ1v) is 6.41. The van der Waals surface area contributed by atoms with Crippen molar-refractivity contribution in [2.75, 3.05) is 33.4 Å². The van der Waals surface area contributed by atoms with Crippen LogP contribution in [0.5, 0.6) is 0 Å². The number of ether oxygens (including phenoxy) is 1. The number of nitrogens with zero attached hydrogens (tertiary/aromatic N) is 1. The van der Waals surface area contributed by atoms with Gasteiger partial charge in [-0.25, -0.2) is 0 Å². The van der Waals surface area contributed by atoms with Gasteiger partial charge in [0.05, 0.1) is 0 Å². The van der Waals surface area contributed by atoms with Crippen molar-refractivity contribution in [1.82, 2.24) is 10.2 Å². The molecule has 16 heavy (non-hydrogen) atoms. The molecule has 0 bridgehead atoms. The highest BCUT2D eigenvalue weighted by Gasteiger charge is 2.28. The number of nitrogens with one attached hydrogen (secondary N) is 1. The highest BCUT2D eigenvalue weighted by Crippen LogP contribution is 2.23. The lowest BCUT2D eigenvalue weighted by Crippen LogP contribution is -2.56. The summed E-state index contributed by atoms with van der Waals surface area (Å²) in [6.07, 6.45) is 1.13. The molecular weight excluding hydrogens is 200 g/mol. The fraction of sp³-hybridized carbons (Fsp3) is 1.00. The molecular formula is C13H28N2O. The zero-order chi connectivity index (χ0) is 12.2. The molecule has 1 heterocycles. The van der Waals surface area contributed by atoms with Crippen molar-refractivity contribution < 1.29 is 4.74 Å². The standard InChI is InChI=1S/C13H28N2O/c1-11-9-15(12(2)8-14-11)10-13(3,4)6-7-16-5/h11-12,14H,6-10H2,1-5H3.